The van der Waals surface area contributed by atoms with E-state index in [9.17, 15) is 4.79 Å². The molecule has 11 heavy (non-hydrogen) atoms. The normalized spacial score (nSPS) is 9.82. The van der Waals surface area contributed by atoms with Crippen LogP contribution in [0.25, 0.3) is 0 Å². The Morgan fingerprint density at radius 1 is 1.82 bits per heavy atom. The first-order valence-corrected chi connectivity index (χ1v) is 3.18. The summed E-state index contributed by atoms with van der Waals surface area (Å²) in [6.45, 7) is 0. The Balaban J connectivity index is 2.45. The van der Waals surface area contributed by atoms with Gasteiger partial charge in [-0.25, -0.2) is 4.98 Å². The molecule has 0 amide bonds. The lowest BCUT2D eigenvalue weighted by Gasteiger charge is -1.89. The van der Waals surface area contributed by atoms with E-state index < -0.39 is 5.97 Å². The molecule has 1 aromatic rings. The average molecular weight is 155 g/mol. The van der Waals surface area contributed by atoms with Gasteiger partial charge in [-0.1, -0.05) is 0 Å². The van der Waals surface area contributed by atoms with E-state index in [-0.39, 0.29) is 6.42 Å². The number of carbonyl (C=O) groups is 1. The fraction of sp³-hybridized carbons (Fsp3) is 0.333. The monoisotopic (exact) mass is 155 g/mol. The lowest BCUT2D eigenvalue weighted by atomic mass is 10.2. The molecule has 3 N–H and O–H groups in total. The predicted octanol–water partition coefficient (Wildman–Crippen LogP) is -0.386. The molecule has 0 bridgehead atoms. The third-order valence-corrected chi connectivity index (χ3v) is 1.25. The molecule has 0 saturated carbocycles. The molecule has 0 atom stereocenters. The van der Waals surface area contributed by atoms with Gasteiger partial charge in [0.25, 0.3) is 0 Å². The molecule has 5 heteroatoms. The highest BCUT2D eigenvalue weighted by Crippen LogP contribution is 1.97. The van der Waals surface area contributed by atoms with Crippen molar-refractivity contribution in [1.82, 2.24) is 9.66 Å². The van der Waals surface area contributed by atoms with E-state index in [1.807, 2.05) is 0 Å². The molecule has 5 nitrogen and oxygen atoms in total. The van der Waals surface area contributed by atoms with Crippen molar-refractivity contribution in [3.05, 3.63) is 18.2 Å². The molecule has 0 fully saturated rings. The number of carboxylic acids is 1. The summed E-state index contributed by atoms with van der Waals surface area (Å²) >= 11 is 0. The van der Waals surface area contributed by atoms with E-state index in [1.165, 1.54) is 11.0 Å². The summed E-state index contributed by atoms with van der Waals surface area (Å²) in [4.78, 5) is 14.0. The minimum absolute atomic E-state index is 0.0943. The van der Waals surface area contributed by atoms with Crippen LogP contribution in [0, 0.1) is 0 Å². The third-order valence-electron chi connectivity index (χ3n) is 1.25. The average Bonchev–Trinajstić information content (AvgIpc) is 2.31. The maximum absolute atomic E-state index is 10.1. The number of carboxylic acid groups (broad SMARTS) is 1. The van der Waals surface area contributed by atoms with Gasteiger partial charge in [-0.05, 0) is 0 Å². The van der Waals surface area contributed by atoms with Gasteiger partial charge in [-0.15, -0.1) is 0 Å². The van der Waals surface area contributed by atoms with E-state index in [2.05, 4.69) is 4.98 Å². The van der Waals surface area contributed by atoms with Crippen LogP contribution in [0.4, 0.5) is 0 Å². The van der Waals surface area contributed by atoms with Crippen LogP contribution in [0.15, 0.2) is 12.5 Å². The van der Waals surface area contributed by atoms with Crippen LogP contribution in [0.5, 0.6) is 0 Å². The molecule has 0 unspecified atom stereocenters. The van der Waals surface area contributed by atoms with E-state index in [0.717, 1.165) is 0 Å². The van der Waals surface area contributed by atoms with Crippen LogP contribution in [0.3, 0.4) is 0 Å². The van der Waals surface area contributed by atoms with Gasteiger partial charge in [0, 0.05) is 12.6 Å². The summed E-state index contributed by atoms with van der Waals surface area (Å²) in [7, 11) is 0. The molecular formula is C6H9N3O2. The lowest BCUT2D eigenvalue weighted by Crippen LogP contribution is -2.03. The number of nitrogens with two attached hydrogens (primary N) is 1. The van der Waals surface area contributed by atoms with Gasteiger partial charge in [-0.2, -0.15) is 0 Å². The maximum atomic E-state index is 10.1. The van der Waals surface area contributed by atoms with Crippen LogP contribution >= 0.6 is 0 Å². The number of nitrogens with zero attached hydrogens (tertiary/aromatic N) is 2. The predicted molar refractivity (Wildman–Crippen MR) is 38.3 cm³/mol. The zero-order valence-electron chi connectivity index (χ0n) is 5.90. The molecule has 1 aromatic heterocycles. The van der Waals surface area contributed by atoms with Gasteiger partial charge in [0.1, 0.15) is 6.33 Å². The van der Waals surface area contributed by atoms with Crippen molar-refractivity contribution in [2.24, 2.45) is 0 Å². The molecule has 0 aliphatic carbocycles. The van der Waals surface area contributed by atoms with Crippen molar-refractivity contribution in [3.8, 4) is 0 Å². The van der Waals surface area contributed by atoms with Crippen molar-refractivity contribution < 1.29 is 9.90 Å². The summed E-state index contributed by atoms with van der Waals surface area (Å²) in [5.74, 6) is 4.47. The number of nitrogen functional groups attached to an aromatic ring is 1. The summed E-state index contributed by atoms with van der Waals surface area (Å²) in [6, 6.07) is 0. The second-order valence-electron chi connectivity index (χ2n) is 2.21. The molecule has 60 valence electrons. The van der Waals surface area contributed by atoms with E-state index in [1.54, 1.807) is 6.20 Å². The molecule has 0 aromatic carbocycles. The number of hydrogen-bond acceptors (Lipinski definition) is 3. The van der Waals surface area contributed by atoms with Crippen molar-refractivity contribution in [3.63, 3.8) is 0 Å². The number of hydrogen-bond donors (Lipinski definition) is 2. The first-order chi connectivity index (χ1) is 5.18. The number of rotatable bonds is 3. The smallest absolute Gasteiger partial charge is 0.303 e. The summed E-state index contributed by atoms with van der Waals surface area (Å²) < 4.78 is 1.30. The van der Waals surface area contributed by atoms with Gasteiger partial charge >= 0.3 is 5.97 Å². The van der Waals surface area contributed by atoms with Gasteiger partial charge in [0.05, 0.1) is 12.1 Å². The Bertz CT molecular complexity index is 256. The fourth-order valence-electron chi connectivity index (χ4n) is 0.744. The van der Waals surface area contributed by atoms with Gasteiger partial charge < -0.3 is 10.9 Å². The Kier molecular flexibility index (Phi) is 2.10. The summed E-state index contributed by atoms with van der Waals surface area (Å²) in [5.41, 5.74) is 0.704. The molecule has 0 saturated heterocycles. The Labute approximate surface area is 63.4 Å². The largest absolute Gasteiger partial charge is 0.481 e. The molecule has 0 aliphatic rings. The van der Waals surface area contributed by atoms with Gasteiger partial charge in [-0.3, -0.25) is 9.47 Å². The van der Waals surface area contributed by atoms with Crippen LogP contribution in [0.1, 0.15) is 12.1 Å². The first-order valence-electron chi connectivity index (χ1n) is 3.18. The van der Waals surface area contributed by atoms with E-state index >= 15 is 0 Å². The quantitative estimate of drug-likeness (QED) is 0.582. The van der Waals surface area contributed by atoms with Gasteiger partial charge in [0.2, 0.25) is 0 Å². The second kappa shape index (κ2) is 3.05. The minimum Gasteiger partial charge on any atom is -0.481 e. The first kappa shape index (κ1) is 7.59. The van der Waals surface area contributed by atoms with E-state index in [4.69, 9.17) is 10.9 Å². The van der Waals surface area contributed by atoms with Gasteiger partial charge in [0.15, 0.2) is 0 Å². The van der Waals surface area contributed by atoms with Crippen molar-refractivity contribution in [2.75, 3.05) is 5.84 Å². The van der Waals surface area contributed by atoms with Crippen molar-refractivity contribution in [2.45, 2.75) is 12.8 Å². The maximum Gasteiger partial charge on any atom is 0.303 e. The Morgan fingerprint density at radius 3 is 3.00 bits per heavy atom. The lowest BCUT2D eigenvalue weighted by molar-refractivity contribution is -0.136. The van der Waals surface area contributed by atoms with Crippen LogP contribution < -0.4 is 5.84 Å². The fourth-order valence-corrected chi connectivity index (χ4v) is 0.744. The zero-order chi connectivity index (χ0) is 8.27. The standard InChI is InChI=1S/C6H9N3O2/c7-9-3-5(8-4-9)1-2-6(10)11/h3-4H,1-2,7H2,(H,10,11). The molecular weight excluding hydrogens is 146 g/mol. The highest BCUT2D eigenvalue weighted by molar-refractivity contribution is 5.66. The van der Waals surface area contributed by atoms with Crippen LogP contribution in [-0.4, -0.2) is 20.7 Å². The highest BCUT2D eigenvalue weighted by atomic mass is 16.4. The summed E-state index contributed by atoms with van der Waals surface area (Å²) in [5, 5.41) is 8.32. The highest BCUT2D eigenvalue weighted by Gasteiger charge is 2.00. The molecule has 0 radical (unpaired) electrons. The van der Waals surface area contributed by atoms with Crippen LogP contribution in [0.2, 0.25) is 0 Å². The molecule has 1 heterocycles. The zero-order valence-corrected chi connectivity index (χ0v) is 5.90. The number of aromatic nitrogens is 2. The third kappa shape index (κ3) is 2.29. The minimum atomic E-state index is -0.823. The number of aliphatic carboxylic acids is 1. The summed E-state index contributed by atoms with van der Waals surface area (Å²) in [6.07, 6.45) is 3.57. The molecule has 0 spiro atoms. The number of aryl methyl sites for hydroxylation is 1. The SMILES string of the molecule is Nn1cnc(CCC(=O)O)c1. The Morgan fingerprint density at radius 2 is 2.55 bits per heavy atom. The second-order valence-corrected chi connectivity index (χ2v) is 2.21. The van der Waals surface area contributed by atoms with Crippen LogP contribution in [-0.2, 0) is 11.2 Å². The molecule has 1 rings (SSSR count). The van der Waals surface area contributed by atoms with Crippen molar-refractivity contribution >= 4 is 5.97 Å². The Hall–Kier alpha value is -1.52. The van der Waals surface area contributed by atoms with Crippen molar-refractivity contribution in [1.29, 1.82) is 0 Å². The topological polar surface area (TPSA) is 81.1 Å². The molecule has 0 aliphatic heterocycles. The number of imidazole rings is 1. The van der Waals surface area contributed by atoms with E-state index in [0.29, 0.717) is 12.1 Å².